The summed E-state index contributed by atoms with van der Waals surface area (Å²) >= 11 is 1.05. The van der Waals surface area contributed by atoms with E-state index in [0.717, 1.165) is 11.5 Å². The summed E-state index contributed by atoms with van der Waals surface area (Å²) in [7, 11) is 1.62. The lowest BCUT2D eigenvalue weighted by Crippen LogP contribution is -2.07. The van der Waals surface area contributed by atoms with E-state index >= 15 is 0 Å². The maximum atomic E-state index is 11.4. The van der Waals surface area contributed by atoms with Gasteiger partial charge in [-0.3, -0.25) is 5.43 Å². The predicted octanol–water partition coefficient (Wildman–Crippen LogP) is 1.15. The minimum absolute atomic E-state index is 0.153. The molecule has 0 fully saturated rings. The average molecular weight is 258 g/mol. The Balaban J connectivity index is 2.51. The summed E-state index contributed by atoms with van der Waals surface area (Å²) in [4.78, 5) is 11.4. The van der Waals surface area contributed by atoms with Crippen LogP contribution in [-0.4, -0.2) is 42.1 Å². The first-order valence-electron chi connectivity index (χ1n) is 5.05. The standard InChI is InChI=1S/C9H14N4O3S/c1-3-16-9(14)7-8(17-13-11-7)12-10-5-4-6-15-2/h5,12H,3-4,6H2,1-2H3/b10-5-. The zero-order valence-corrected chi connectivity index (χ0v) is 10.5. The molecule has 0 atom stereocenters. The molecule has 0 saturated carbocycles. The van der Waals surface area contributed by atoms with E-state index in [9.17, 15) is 4.79 Å². The van der Waals surface area contributed by atoms with Gasteiger partial charge in [0.25, 0.3) is 0 Å². The Kier molecular flexibility index (Phi) is 6.12. The molecule has 1 heterocycles. The number of nitrogens with zero attached hydrogens (tertiary/aromatic N) is 3. The van der Waals surface area contributed by atoms with E-state index in [-0.39, 0.29) is 5.69 Å². The summed E-state index contributed by atoms with van der Waals surface area (Å²) in [6.45, 7) is 2.62. The van der Waals surface area contributed by atoms with Gasteiger partial charge in [0.2, 0.25) is 5.69 Å². The number of rotatable bonds is 7. The highest BCUT2D eigenvalue weighted by Crippen LogP contribution is 2.18. The van der Waals surface area contributed by atoms with Crippen molar-refractivity contribution in [1.29, 1.82) is 0 Å². The van der Waals surface area contributed by atoms with Crippen LogP contribution in [0.5, 0.6) is 0 Å². The van der Waals surface area contributed by atoms with Crippen LogP contribution in [0.15, 0.2) is 5.10 Å². The third kappa shape index (κ3) is 4.45. The van der Waals surface area contributed by atoms with Crippen molar-refractivity contribution in [2.75, 3.05) is 25.7 Å². The molecule has 1 N–H and O–H groups in total. The quantitative estimate of drug-likeness (QED) is 0.342. The minimum Gasteiger partial charge on any atom is -0.461 e. The van der Waals surface area contributed by atoms with Crippen molar-refractivity contribution in [3.05, 3.63) is 5.69 Å². The van der Waals surface area contributed by atoms with Crippen LogP contribution in [-0.2, 0) is 9.47 Å². The van der Waals surface area contributed by atoms with Crippen LogP contribution in [0.1, 0.15) is 23.8 Å². The van der Waals surface area contributed by atoms with Gasteiger partial charge in [-0.15, -0.1) is 5.10 Å². The molecule has 0 radical (unpaired) electrons. The highest BCUT2D eigenvalue weighted by molar-refractivity contribution is 7.10. The molecule has 0 amide bonds. The summed E-state index contributed by atoms with van der Waals surface area (Å²) in [6, 6.07) is 0. The van der Waals surface area contributed by atoms with Crippen molar-refractivity contribution < 1.29 is 14.3 Å². The molecule has 1 aromatic rings. The molecule has 1 rings (SSSR count). The Morgan fingerprint density at radius 1 is 1.65 bits per heavy atom. The zero-order chi connectivity index (χ0) is 12.5. The fraction of sp³-hybridized carbons (Fsp3) is 0.556. The van der Waals surface area contributed by atoms with Crippen molar-refractivity contribution >= 4 is 28.7 Å². The molecule has 8 heteroatoms. The molecule has 0 spiro atoms. The molecule has 0 aromatic carbocycles. The maximum absolute atomic E-state index is 11.4. The maximum Gasteiger partial charge on any atom is 0.362 e. The van der Waals surface area contributed by atoms with E-state index in [1.165, 1.54) is 0 Å². The first-order chi connectivity index (χ1) is 8.29. The zero-order valence-electron chi connectivity index (χ0n) is 9.67. The predicted molar refractivity (Wildman–Crippen MR) is 64.5 cm³/mol. The van der Waals surface area contributed by atoms with Crippen LogP contribution in [0, 0.1) is 0 Å². The van der Waals surface area contributed by atoms with Crippen molar-refractivity contribution in [3.8, 4) is 0 Å². The lowest BCUT2D eigenvalue weighted by Gasteiger charge is -1.99. The summed E-state index contributed by atoms with van der Waals surface area (Å²) in [6.07, 6.45) is 2.34. The van der Waals surface area contributed by atoms with Gasteiger partial charge in [-0.2, -0.15) is 5.10 Å². The number of hydrogen-bond acceptors (Lipinski definition) is 8. The topological polar surface area (TPSA) is 85.7 Å². The van der Waals surface area contributed by atoms with Gasteiger partial charge < -0.3 is 9.47 Å². The number of hydrogen-bond donors (Lipinski definition) is 1. The smallest absolute Gasteiger partial charge is 0.362 e. The fourth-order valence-electron chi connectivity index (χ4n) is 0.936. The average Bonchev–Trinajstić information content (AvgIpc) is 2.77. The third-order valence-electron chi connectivity index (χ3n) is 1.67. The Morgan fingerprint density at radius 3 is 3.18 bits per heavy atom. The number of methoxy groups -OCH3 is 1. The van der Waals surface area contributed by atoms with Crippen molar-refractivity contribution in [1.82, 2.24) is 9.59 Å². The molecule has 0 aliphatic rings. The van der Waals surface area contributed by atoms with Gasteiger partial charge in [-0.1, -0.05) is 4.49 Å². The number of ether oxygens (including phenoxy) is 2. The monoisotopic (exact) mass is 258 g/mol. The number of aromatic nitrogens is 2. The van der Waals surface area contributed by atoms with Crippen LogP contribution < -0.4 is 5.43 Å². The molecule has 0 bridgehead atoms. The van der Waals surface area contributed by atoms with Crippen LogP contribution in [0.3, 0.4) is 0 Å². The highest BCUT2D eigenvalue weighted by Gasteiger charge is 2.16. The normalized spacial score (nSPS) is 10.7. The molecule has 1 aromatic heterocycles. The molecular weight excluding hydrogens is 244 g/mol. The number of hydrazone groups is 1. The lowest BCUT2D eigenvalue weighted by atomic mass is 10.5. The number of esters is 1. The summed E-state index contributed by atoms with van der Waals surface area (Å²) in [5.41, 5.74) is 2.85. The van der Waals surface area contributed by atoms with E-state index in [1.54, 1.807) is 20.2 Å². The number of carbonyl (C=O) groups excluding carboxylic acids is 1. The van der Waals surface area contributed by atoms with E-state index < -0.39 is 5.97 Å². The highest BCUT2D eigenvalue weighted by atomic mass is 32.1. The van der Waals surface area contributed by atoms with Crippen LogP contribution in [0.4, 0.5) is 5.00 Å². The molecule has 94 valence electrons. The Bertz CT molecular complexity index is 380. The molecule has 17 heavy (non-hydrogen) atoms. The van der Waals surface area contributed by atoms with Gasteiger partial charge in [-0.25, -0.2) is 4.79 Å². The minimum atomic E-state index is -0.504. The summed E-state index contributed by atoms with van der Waals surface area (Å²) in [5, 5.41) is 8.07. The first-order valence-corrected chi connectivity index (χ1v) is 5.82. The largest absolute Gasteiger partial charge is 0.461 e. The Labute approximate surface area is 103 Å². The second-order valence-corrected chi connectivity index (χ2v) is 3.63. The molecular formula is C9H14N4O3S. The van der Waals surface area contributed by atoms with Gasteiger partial charge in [0.05, 0.1) is 13.2 Å². The molecule has 0 aliphatic heterocycles. The Hall–Kier alpha value is -1.54. The Morgan fingerprint density at radius 2 is 2.47 bits per heavy atom. The second-order valence-electron chi connectivity index (χ2n) is 2.88. The van der Waals surface area contributed by atoms with Crippen molar-refractivity contribution in [2.45, 2.75) is 13.3 Å². The van der Waals surface area contributed by atoms with E-state index in [4.69, 9.17) is 9.47 Å². The SMILES string of the molecule is CCOC(=O)c1nnsc1N/N=C\CCOC. The van der Waals surface area contributed by atoms with Gasteiger partial charge >= 0.3 is 5.97 Å². The van der Waals surface area contributed by atoms with Gasteiger partial charge in [0, 0.05) is 31.3 Å². The molecule has 0 saturated heterocycles. The number of carbonyl (C=O) groups is 1. The van der Waals surface area contributed by atoms with Crippen molar-refractivity contribution in [3.63, 3.8) is 0 Å². The number of nitrogens with one attached hydrogen (secondary N) is 1. The lowest BCUT2D eigenvalue weighted by molar-refractivity contribution is 0.0520. The van der Waals surface area contributed by atoms with Gasteiger partial charge in [0.1, 0.15) is 0 Å². The van der Waals surface area contributed by atoms with Gasteiger partial charge in [0.15, 0.2) is 5.00 Å². The van der Waals surface area contributed by atoms with Gasteiger partial charge in [-0.05, 0) is 6.92 Å². The van der Waals surface area contributed by atoms with Crippen molar-refractivity contribution in [2.24, 2.45) is 5.10 Å². The van der Waals surface area contributed by atoms with Crippen LogP contribution >= 0.6 is 11.5 Å². The molecule has 7 nitrogen and oxygen atoms in total. The van der Waals surface area contributed by atoms with E-state index in [2.05, 4.69) is 20.1 Å². The molecule has 0 aliphatic carbocycles. The van der Waals surface area contributed by atoms with E-state index in [0.29, 0.717) is 24.6 Å². The summed E-state index contributed by atoms with van der Waals surface area (Å²) in [5.74, 6) is -0.504. The molecule has 0 unspecified atom stereocenters. The number of anilines is 1. The second kappa shape index (κ2) is 7.69. The fourth-order valence-corrected chi connectivity index (χ4v) is 1.44. The third-order valence-corrected chi connectivity index (χ3v) is 2.30. The first kappa shape index (κ1) is 13.5. The van der Waals surface area contributed by atoms with Crippen LogP contribution in [0.2, 0.25) is 0 Å². The van der Waals surface area contributed by atoms with Crippen LogP contribution in [0.25, 0.3) is 0 Å². The van der Waals surface area contributed by atoms with E-state index in [1.807, 2.05) is 0 Å². The summed E-state index contributed by atoms with van der Waals surface area (Å²) < 4.78 is 13.4.